The maximum absolute atomic E-state index is 12.1. The minimum atomic E-state index is -0.431. The second-order valence-electron chi connectivity index (χ2n) is 5.07. The van der Waals surface area contributed by atoms with Gasteiger partial charge in [-0.2, -0.15) is 0 Å². The van der Waals surface area contributed by atoms with E-state index in [-0.39, 0.29) is 16.8 Å². The standard InChI is InChI=1S/C17H19N3O3S/c1-13(24-14-7-3-2-4-8-14)17(21)19-12-11-18-15-9-5-6-10-16(15)20(22)23/h2-10,13,18H,11-12H2,1H3,(H,19,21)/t13-/m0/s1. The number of nitrogens with one attached hydrogen (secondary N) is 2. The fourth-order valence-electron chi connectivity index (χ4n) is 2.07. The Morgan fingerprint density at radius 3 is 2.50 bits per heavy atom. The number of rotatable bonds is 8. The molecule has 0 radical (unpaired) electrons. The van der Waals surface area contributed by atoms with E-state index in [1.54, 1.807) is 18.2 Å². The van der Waals surface area contributed by atoms with E-state index in [9.17, 15) is 14.9 Å². The van der Waals surface area contributed by atoms with Gasteiger partial charge in [0.2, 0.25) is 5.91 Å². The lowest BCUT2D eigenvalue weighted by atomic mass is 10.2. The Labute approximate surface area is 144 Å². The van der Waals surface area contributed by atoms with Gasteiger partial charge in [0, 0.05) is 24.1 Å². The molecule has 6 nitrogen and oxygen atoms in total. The third-order valence-corrected chi connectivity index (χ3v) is 4.38. The van der Waals surface area contributed by atoms with Crippen molar-refractivity contribution in [1.29, 1.82) is 0 Å². The smallest absolute Gasteiger partial charge is 0.292 e. The summed E-state index contributed by atoms with van der Waals surface area (Å²) in [6.45, 7) is 2.66. The molecule has 2 aromatic rings. The Bertz CT molecular complexity index is 694. The number of hydrogen-bond acceptors (Lipinski definition) is 5. The number of amides is 1. The average molecular weight is 345 g/mol. The molecule has 1 atom stereocenters. The van der Waals surface area contributed by atoms with Crippen molar-refractivity contribution in [3.63, 3.8) is 0 Å². The van der Waals surface area contributed by atoms with Crippen LogP contribution in [0, 0.1) is 10.1 Å². The molecule has 0 heterocycles. The lowest BCUT2D eigenvalue weighted by Crippen LogP contribution is -2.34. The number of carbonyl (C=O) groups excluding carboxylic acids is 1. The first kappa shape index (κ1) is 17.8. The number of benzene rings is 2. The van der Waals surface area contributed by atoms with E-state index < -0.39 is 4.92 Å². The molecule has 2 N–H and O–H groups in total. The molecule has 0 saturated carbocycles. The molecule has 0 aliphatic rings. The van der Waals surface area contributed by atoms with Crippen LogP contribution in [0.3, 0.4) is 0 Å². The number of nitrogens with zero attached hydrogens (tertiary/aromatic N) is 1. The van der Waals surface area contributed by atoms with Gasteiger partial charge in [-0.05, 0) is 25.1 Å². The van der Waals surface area contributed by atoms with Crippen LogP contribution >= 0.6 is 11.8 Å². The van der Waals surface area contributed by atoms with E-state index in [1.165, 1.54) is 17.8 Å². The molecule has 0 aliphatic carbocycles. The quantitative estimate of drug-likeness (QED) is 0.332. The SMILES string of the molecule is C[C@H](Sc1ccccc1)C(=O)NCCNc1ccccc1[N+](=O)[O-]. The van der Waals surface area contributed by atoms with Crippen molar-refractivity contribution in [3.05, 3.63) is 64.7 Å². The number of thioether (sulfide) groups is 1. The Morgan fingerprint density at radius 2 is 1.79 bits per heavy atom. The van der Waals surface area contributed by atoms with Gasteiger partial charge in [0.15, 0.2) is 0 Å². The third kappa shape index (κ3) is 5.27. The summed E-state index contributed by atoms with van der Waals surface area (Å²) in [5, 5.41) is 16.5. The molecule has 2 rings (SSSR count). The van der Waals surface area contributed by atoms with Crippen molar-refractivity contribution in [2.24, 2.45) is 0 Å². The molecule has 0 bridgehead atoms. The summed E-state index contributed by atoms with van der Waals surface area (Å²) in [5.74, 6) is -0.0618. The van der Waals surface area contributed by atoms with Crippen molar-refractivity contribution in [3.8, 4) is 0 Å². The summed E-state index contributed by atoms with van der Waals surface area (Å²) in [4.78, 5) is 23.6. The highest BCUT2D eigenvalue weighted by Crippen LogP contribution is 2.23. The fraction of sp³-hybridized carbons (Fsp3) is 0.235. The maximum atomic E-state index is 12.1. The summed E-state index contributed by atoms with van der Waals surface area (Å²) < 4.78 is 0. The maximum Gasteiger partial charge on any atom is 0.292 e. The highest BCUT2D eigenvalue weighted by atomic mass is 32.2. The monoisotopic (exact) mass is 345 g/mol. The van der Waals surface area contributed by atoms with Crippen LogP contribution in [0.4, 0.5) is 11.4 Å². The molecule has 0 fully saturated rings. The first-order valence-electron chi connectivity index (χ1n) is 7.54. The van der Waals surface area contributed by atoms with Gasteiger partial charge in [-0.15, -0.1) is 11.8 Å². The van der Waals surface area contributed by atoms with Gasteiger partial charge in [-0.1, -0.05) is 30.3 Å². The fourth-order valence-corrected chi connectivity index (χ4v) is 2.98. The van der Waals surface area contributed by atoms with Gasteiger partial charge in [-0.3, -0.25) is 14.9 Å². The first-order chi connectivity index (χ1) is 11.6. The zero-order chi connectivity index (χ0) is 17.4. The Kier molecular flexibility index (Phi) is 6.62. The normalized spacial score (nSPS) is 11.5. The molecule has 126 valence electrons. The molecule has 2 aromatic carbocycles. The van der Waals surface area contributed by atoms with Crippen LogP contribution < -0.4 is 10.6 Å². The molecule has 1 amide bonds. The molecule has 24 heavy (non-hydrogen) atoms. The summed E-state index contributed by atoms with van der Waals surface area (Å²) in [7, 11) is 0. The van der Waals surface area contributed by atoms with Gasteiger partial charge in [0.1, 0.15) is 5.69 Å². The van der Waals surface area contributed by atoms with Crippen molar-refractivity contribution in [2.45, 2.75) is 17.1 Å². The summed E-state index contributed by atoms with van der Waals surface area (Å²) in [5.41, 5.74) is 0.472. The minimum Gasteiger partial charge on any atom is -0.378 e. The second kappa shape index (κ2) is 8.93. The van der Waals surface area contributed by atoms with Gasteiger partial charge in [0.05, 0.1) is 10.2 Å². The molecule has 0 unspecified atom stereocenters. The Balaban J connectivity index is 1.76. The van der Waals surface area contributed by atoms with Crippen LogP contribution in [-0.2, 0) is 4.79 Å². The van der Waals surface area contributed by atoms with Gasteiger partial charge in [-0.25, -0.2) is 0 Å². The number of anilines is 1. The summed E-state index contributed by atoms with van der Waals surface area (Å²) >= 11 is 1.49. The van der Waals surface area contributed by atoms with Crippen LogP contribution in [0.5, 0.6) is 0 Å². The molecule has 0 aliphatic heterocycles. The zero-order valence-electron chi connectivity index (χ0n) is 13.3. The predicted octanol–water partition coefficient (Wildman–Crippen LogP) is 3.30. The number of nitro benzene ring substituents is 1. The lowest BCUT2D eigenvalue weighted by molar-refractivity contribution is -0.384. The Hall–Kier alpha value is -2.54. The minimum absolute atomic E-state index is 0.0248. The first-order valence-corrected chi connectivity index (χ1v) is 8.42. The van der Waals surface area contributed by atoms with Gasteiger partial charge >= 0.3 is 0 Å². The molecular weight excluding hydrogens is 326 g/mol. The number of para-hydroxylation sites is 2. The summed E-state index contributed by atoms with van der Waals surface area (Å²) in [6, 6.07) is 16.2. The third-order valence-electron chi connectivity index (χ3n) is 3.27. The van der Waals surface area contributed by atoms with E-state index in [0.29, 0.717) is 18.8 Å². The molecule has 0 saturated heterocycles. The van der Waals surface area contributed by atoms with Crippen LogP contribution in [-0.4, -0.2) is 29.2 Å². The molecular formula is C17H19N3O3S. The topological polar surface area (TPSA) is 84.3 Å². The van der Waals surface area contributed by atoms with Crippen LogP contribution in [0.2, 0.25) is 0 Å². The zero-order valence-corrected chi connectivity index (χ0v) is 14.1. The van der Waals surface area contributed by atoms with E-state index in [4.69, 9.17) is 0 Å². The van der Waals surface area contributed by atoms with E-state index in [2.05, 4.69) is 10.6 Å². The van der Waals surface area contributed by atoms with Crippen molar-refractivity contribution in [2.75, 3.05) is 18.4 Å². The van der Waals surface area contributed by atoms with Crippen molar-refractivity contribution < 1.29 is 9.72 Å². The van der Waals surface area contributed by atoms with Gasteiger partial charge < -0.3 is 10.6 Å². The second-order valence-corrected chi connectivity index (χ2v) is 6.48. The van der Waals surface area contributed by atoms with E-state index in [0.717, 1.165) is 4.90 Å². The molecule has 0 spiro atoms. The number of carbonyl (C=O) groups is 1. The Morgan fingerprint density at radius 1 is 1.12 bits per heavy atom. The highest BCUT2D eigenvalue weighted by Gasteiger charge is 2.14. The van der Waals surface area contributed by atoms with Crippen LogP contribution in [0.15, 0.2) is 59.5 Å². The molecule has 0 aromatic heterocycles. The van der Waals surface area contributed by atoms with Crippen molar-refractivity contribution in [1.82, 2.24) is 5.32 Å². The van der Waals surface area contributed by atoms with E-state index in [1.807, 2.05) is 37.3 Å². The largest absolute Gasteiger partial charge is 0.378 e. The van der Waals surface area contributed by atoms with Crippen LogP contribution in [0.1, 0.15) is 6.92 Å². The summed E-state index contributed by atoms with van der Waals surface area (Å²) in [6.07, 6.45) is 0. The highest BCUT2D eigenvalue weighted by molar-refractivity contribution is 8.00. The average Bonchev–Trinajstić information content (AvgIpc) is 2.59. The van der Waals surface area contributed by atoms with E-state index >= 15 is 0 Å². The number of hydrogen-bond donors (Lipinski definition) is 2. The predicted molar refractivity (Wildman–Crippen MR) is 96.4 cm³/mol. The number of nitro groups is 1. The lowest BCUT2D eigenvalue weighted by Gasteiger charge is -2.12. The van der Waals surface area contributed by atoms with Crippen LogP contribution in [0.25, 0.3) is 0 Å². The van der Waals surface area contributed by atoms with Crippen molar-refractivity contribution >= 4 is 29.0 Å². The molecule has 7 heteroatoms. The van der Waals surface area contributed by atoms with Gasteiger partial charge in [0.25, 0.3) is 5.69 Å².